The lowest BCUT2D eigenvalue weighted by Gasteiger charge is -2.31. The fraction of sp³-hybridized carbons (Fsp3) is 0.163. The van der Waals surface area contributed by atoms with Crippen molar-refractivity contribution in [2.45, 2.75) is 137 Å². The average Bonchev–Trinajstić information content (AvgIpc) is 1.58. The molecule has 3 nitrogen and oxygen atoms in total. The lowest BCUT2D eigenvalue weighted by atomic mass is 9.81. The Kier molecular flexibility index (Phi) is 30.3. The molecule has 18 aromatic rings. The van der Waals surface area contributed by atoms with Crippen molar-refractivity contribution in [1.82, 2.24) is 0 Å². The number of hydrogen-bond acceptors (Lipinski definition) is 3. The van der Waals surface area contributed by atoms with Crippen molar-refractivity contribution in [2.24, 2.45) is 0 Å². The highest BCUT2D eigenvalue weighted by Crippen LogP contribution is 2.55. The second-order valence-corrected chi connectivity index (χ2v) is 41.5. The van der Waals surface area contributed by atoms with Gasteiger partial charge < -0.3 is 14.7 Å². The first kappa shape index (κ1) is 87.7. The third kappa shape index (κ3) is 24.7. The number of para-hydroxylation sites is 3. The molecule has 0 saturated heterocycles. The first-order chi connectivity index (χ1) is 71.1. The largest absolute Gasteiger partial charge is 0.310 e. The molecule has 0 aromatic heterocycles. The molecule has 0 unspecified atom stereocenters. The van der Waals surface area contributed by atoms with Crippen molar-refractivity contribution >= 4 is 147 Å². The van der Waals surface area contributed by atoms with Crippen LogP contribution in [0.1, 0.15) is 177 Å². The molecule has 0 atom stereocenters. The second-order valence-electron chi connectivity index (χ2n) is 36.0. The zero-order valence-corrected chi connectivity index (χ0v) is 89.2. The summed E-state index contributed by atoms with van der Waals surface area (Å²) >= 11 is 21.2. The first-order valence-corrected chi connectivity index (χ1v) is 52.0. The molecule has 21 rings (SSSR count). The Morgan fingerprint density at radius 1 is 0.203 bits per heavy atom. The number of rotatable bonds is 19. The van der Waals surface area contributed by atoms with E-state index in [1.165, 1.54) is 122 Å². The van der Waals surface area contributed by atoms with E-state index < -0.39 is 6.04 Å². The van der Waals surface area contributed by atoms with E-state index in [2.05, 4.69) is 453 Å². The van der Waals surface area contributed by atoms with Gasteiger partial charge in [0, 0.05) is 94.3 Å². The number of unbranched alkanes of at least 4 members (excludes halogenated alkanes) is 4. The Morgan fingerprint density at radius 3 is 0.797 bits per heavy atom. The smallest absolute Gasteiger partial charge is 0.0629 e. The van der Waals surface area contributed by atoms with E-state index in [1.54, 1.807) is 0 Å². The van der Waals surface area contributed by atoms with Crippen LogP contribution >= 0.6 is 95.6 Å². The molecule has 0 bridgehead atoms. The van der Waals surface area contributed by atoms with Gasteiger partial charge in [-0.2, -0.15) is 0 Å². The molecule has 18 aromatic carbocycles. The van der Waals surface area contributed by atoms with Gasteiger partial charge in [-0.05, 0) is 252 Å². The predicted octanol–water partition coefficient (Wildman–Crippen LogP) is 41.2. The lowest BCUT2D eigenvalue weighted by Crippen LogP contribution is -2.17. The van der Waals surface area contributed by atoms with Gasteiger partial charge in [0.1, 0.15) is 0 Å². The fourth-order valence-electron chi connectivity index (χ4n) is 18.3. The molecular formula is C129H119Br6N3. The van der Waals surface area contributed by atoms with E-state index in [9.17, 15) is 0 Å². The molecule has 0 heterocycles. The van der Waals surface area contributed by atoms with Crippen LogP contribution in [0.4, 0.5) is 51.2 Å². The van der Waals surface area contributed by atoms with Crippen molar-refractivity contribution in [3.05, 3.63) is 525 Å². The maximum Gasteiger partial charge on any atom is 0.0629 e. The molecule has 138 heavy (non-hydrogen) atoms. The molecule has 9 heteroatoms. The summed E-state index contributed by atoms with van der Waals surface area (Å²) in [5.74, 6) is 0. The molecule has 0 N–H and O–H groups in total. The van der Waals surface area contributed by atoms with E-state index in [-0.39, 0.29) is 81.8 Å². The summed E-state index contributed by atoms with van der Waals surface area (Å²) in [6.07, 6.45) is 9.95. The summed E-state index contributed by atoms with van der Waals surface area (Å²) in [6.45, 7) is 22.8. The van der Waals surface area contributed by atoms with Crippen molar-refractivity contribution in [3.8, 4) is 55.6 Å². The number of halogens is 6. The summed E-state index contributed by atoms with van der Waals surface area (Å²) in [5, 5.41) is 0. The van der Waals surface area contributed by atoms with Gasteiger partial charge in [0.15, 0.2) is 0 Å². The van der Waals surface area contributed by atoms with Gasteiger partial charge >= 0.3 is 0 Å². The van der Waals surface area contributed by atoms with E-state index in [1.807, 2.05) is 109 Å². The average molecular weight is 2200 g/mol. The van der Waals surface area contributed by atoms with Gasteiger partial charge in [-0.15, -0.1) is 0 Å². The monoisotopic (exact) mass is 2190 g/mol. The Labute approximate surface area is 885 Å². The molecule has 0 aliphatic heterocycles. The maximum atomic E-state index is 8.51. The van der Waals surface area contributed by atoms with E-state index in [0.717, 1.165) is 96.4 Å². The van der Waals surface area contributed by atoms with Gasteiger partial charge in [-0.1, -0.05) is 519 Å². The Hall–Kier alpha value is -11.8. The van der Waals surface area contributed by atoms with Gasteiger partial charge in [0.25, 0.3) is 0 Å². The molecule has 3 aliphatic carbocycles. The summed E-state index contributed by atoms with van der Waals surface area (Å²) in [6, 6.07) is 130. The van der Waals surface area contributed by atoms with Crippen molar-refractivity contribution in [2.75, 3.05) is 14.7 Å². The van der Waals surface area contributed by atoms with Crippen LogP contribution in [0.2, 0.25) is 0 Å². The van der Waals surface area contributed by atoms with Crippen LogP contribution in [-0.4, -0.2) is 0 Å². The van der Waals surface area contributed by atoms with Gasteiger partial charge in [-0.25, -0.2) is 0 Å². The van der Waals surface area contributed by atoms with Crippen LogP contribution in [0.15, 0.2) is 469 Å². The second kappa shape index (κ2) is 47.7. The minimum absolute atomic E-state index is 0.0256. The topological polar surface area (TPSA) is 9.72 Å². The summed E-state index contributed by atoms with van der Waals surface area (Å²) in [7, 11) is 0. The summed E-state index contributed by atoms with van der Waals surface area (Å²) < 4.78 is 86.9. The van der Waals surface area contributed by atoms with Gasteiger partial charge in [-0.3, -0.25) is 0 Å². The van der Waals surface area contributed by atoms with E-state index in [0.29, 0.717) is 11.1 Å². The maximum absolute atomic E-state index is 8.51. The summed E-state index contributed by atoms with van der Waals surface area (Å²) in [4.78, 5) is 6.76. The SMILES string of the molecule is Brc1cc(Br)cc(Br)c1.CC1(C)c2ccccc2-c2ccc(Cc3ccccc3)cc21.CC1(C)c2ccccc2-c2ccc(N(c3ccccc3)c3cc(Br)cc(Br)c3)cc21.CCCCC.CCCCC.[2H]c1c([2H])c([2H])c(-c2ccc(Cc3ccccc3)cc2)c([2H])c1[2H].[2H]c1c([2H])c([2H])c(-c2ccc(N(c3ccccc3)c3cc(Br)cc(N(c4ccccc4)c4ccc5c(c4)C(C)(C)c4ccccc4-5)c3)cc2)c([2H])c1[2H]. The van der Waals surface area contributed by atoms with Crippen molar-refractivity contribution in [3.63, 3.8) is 0 Å². The van der Waals surface area contributed by atoms with Crippen molar-refractivity contribution in [1.29, 1.82) is 0 Å². The van der Waals surface area contributed by atoms with Crippen LogP contribution < -0.4 is 14.7 Å². The zero-order valence-electron chi connectivity index (χ0n) is 89.6. The van der Waals surface area contributed by atoms with Gasteiger partial charge in [0.05, 0.1) is 13.7 Å². The first-order valence-electron chi connectivity index (χ1n) is 52.2. The highest BCUT2D eigenvalue weighted by molar-refractivity contribution is 9.12. The molecule has 3 aliphatic rings. The van der Waals surface area contributed by atoms with Crippen LogP contribution in [0.5, 0.6) is 0 Å². The third-order valence-electron chi connectivity index (χ3n) is 25.2. The molecular weight excluding hydrogens is 2070 g/mol. The molecule has 692 valence electrons. The minimum Gasteiger partial charge on any atom is -0.310 e. The lowest BCUT2D eigenvalue weighted by molar-refractivity contribution is 0.659. The quantitative estimate of drug-likeness (QED) is 0.0799. The van der Waals surface area contributed by atoms with Crippen LogP contribution in [0.3, 0.4) is 0 Å². The van der Waals surface area contributed by atoms with Crippen LogP contribution in [0.25, 0.3) is 55.6 Å². The van der Waals surface area contributed by atoms with E-state index in [4.69, 9.17) is 13.7 Å². The number of benzene rings is 18. The Bertz CT molecular complexity index is 7550. The third-order valence-corrected chi connectivity index (χ3v) is 28.0. The zero-order chi connectivity index (χ0) is 105. The van der Waals surface area contributed by atoms with Crippen molar-refractivity contribution < 1.29 is 13.7 Å². The van der Waals surface area contributed by atoms with E-state index >= 15 is 0 Å². The molecule has 0 saturated carbocycles. The molecule has 0 spiro atoms. The molecule has 0 amide bonds. The number of nitrogens with zero attached hydrogens (tertiary/aromatic N) is 3. The number of fused-ring (bicyclic) bond motifs is 9. The number of hydrogen-bond donors (Lipinski definition) is 0. The van der Waals surface area contributed by atoms with Gasteiger partial charge in [0.2, 0.25) is 0 Å². The Morgan fingerprint density at radius 2 is 0.449 bits per heavy atom. The predicted molar refractivity (Wildman–Crippen MR) is 615 cm³/mol. The Balaban J connectivity index is 0.000000147. The highest BCUT2D eigenvalue weighted by atomic mass is 79.9. The standard InChI is InChI=1S/C45H35BrN2.C27H21Br2N.C22H20.C19H16.C6H3Br3.2C5H12/c1-45(2)43-21-13-12-20-41(43)42-27-26-38(31-44(42)45)48(36-18-10-5-11-19-36)40-29-34(46)28-39(30-40)47(35-16-8-4-9-17-35)37-24-22-33(23-25-37)32-14-6-3-7-15-32;1-27(2)25-11-7-6-10-23(25)24-13-12-21(17-26(24)27)30(20-8-4-3-5-9-20)22-15-18(28)14-19(29)16-22;1-22(2)20-11-7-6-10-18(20)19-13-12-17(15-21(19)22)14-16-8-4-3-5-9-16;1-3-7-16(8-4-1)15-17-11-13-19(14-12-17)18-9-5-2-6-10-18;7-4-1-5(8)3-6(9)2-4;2*1-3-5-4-2/h3-31H,1-2H3;3-17H,1-2H3;3-13,15H,14H2,1-2H3;1-14H,15H2;1-3H;2*3-5H2,1-2H3/i3D,6D,7D,14D,15D;;;2D,5D,6D,9D,10D;;;. The normalized spacial score (nSPS) is 13.3. The van der Waals surface area contributed by atoms with Crippen LogP contribution in [0, 0.1) is 0 Å². The fourth-order valence-corrected chi connectivity index (χ4v) is 22.5. The molecule has 0 radical (unpaired) electrons. The highest BCUT2D eigenvalue weighted by Gasteiger charge is 2.39. The minimum atomic E-state index is -0.403. The van der Waals surface area contributed by atoms with Crippen LogP contribution in [-0.2, 0) is 29.1 Å². The molecule has 0 fully saturated rings. The number of anilines is 9. The summed E-state index contributed by atoms with van der Waals surface area (Å²) in [5.41, 5.74) is 32.0.